The molecule has 2 heterocycles. The second-order valence-corrected chi connectivity index (χ2v) is 6.01. The van der Waals surface area contributed by atoms with Crippen molar-refractivity contribution >= 4 is 22.7 Å². The quantitative estimate of drug-likeness (QED) is 0.896. The van der Waals surface area contributed by atoms with Crippen LogP contribution in [0.5, 0.6) is 0 Å². The largest absolute Gasteiger partial charge is 0.309 e. The minimum absolute atomic E-state index is 0.460. The van der Waals surface area contributed by atoms with E-state index in [1.54, 1.807) is 22.7 Å². The number of nitriles is 1. The normalized spacial score (nSPS) is 12.2. The molecule has 0 aliphatic carbocycles. The molecule has 17 heavy (non-hydrogen) atoms. The molecular formula is C13H14N2S2. The lowest BCUT2D eigenvalue weighted by molar-refractivity contribution is 0.552. The van der Waals surface area contributed by atoms with Gasteiger partial charge in [-0.2, -0.15) is 5.26 Å². The first kappa shape index (κ1) is 12.3. The lowest BCUT2D eigenvalue weighted by Gasteiger charge is -2.11. The van der Waals surface area contributed by atoms with Crippen molar-refractivity contribution < 1.29 is 0 Å². The van der Waals surface area contributed by atoms with Crippen LogP contribution in [0.25, 0.3) is 0 Å². The summed E-state index contributed by atoms with van der Waals surface area (Å²) in [5, 5.41) is 16.2. The zero-order chi connectivity index (χ0) is 12.1. The molecule has 0 bridgehead atoms. The van der Waals surface area contributed by atoms with Crippen molar-refractivity contribution in [2.75, 3.05) is 0 Å². The highest BCUT2D eigenvalue weighted by molar-refractivity contribution is 7.10. The molecular weight excluding hydrogens is 248 g/mol. The SMILES string of the molecule is CC(Cc1cccs1)NCc1cc(C#N)cs1. The first-order valence-electron chi connectivity index (χ1n) is 5.51. The van der Waals surface area contributed by atoms with Gasteiger partial charge in [-0.1, -0.05) is 6.07 Å². The van der Waals surface area contributed by atoms with E-state index in [0.29, 0.717) is 6.04 Å². The molecule has 0 aliphatic rings. The molecule has 0 fully saturated rings. The van der Waals surface area contributed by atoms with Crippen LogP contribution >= 0.6 is 22.7 Å². The molecule has 2 aromatic rings. The third-order valence-corrected chi connectivity index (χ3v) is 4.33. The molecule has 0 saturated carbocycles. The molecule has 1 N–H and O–H groups in total. The number of hydrogen-bond donors (Lipinski definition) is 1. The highest BCUT2D eigenvalue weighted by Crippen LogP contribution is 2.15. The number of nitrogens with zero attached hydrogens (tertiary/aromatic N) is 1. The Morgan fingerprint density at radius 3 is 2.94 bits per heavy atom. The van der Waals surface area contributed by atoms with Gasteiger partial charge in [0, 0.05) is 27.7 Å². The van der Waals surface area contributed by atoms with E-state index in [1.807, 2.05) is 11.4 Å². The topological polar surface area (TPSA) is 35.8 Å². The molecule has 0 aliphatic heterocycles. The van der Waals surface area contributed by atoms with E-state index in [-0.39, 0.29) is 0 Å². The molecule has 0 radical (unpaired) electrons. The van der Waals surface area contributed by atoms with Crippen LogP contribution in [-0.4, -0.2) is 6.04 Å². The van der Waals surface area contributed by atoms with Gasteiger partial charge in [-0.3, -0.25) is 0 Å². The maximum Gasteiger partial charge on any atom is 0.100 e. The maximum atomic E-state index is 8.74. The number of rotatable bonds is 5. The zero-order valence-corrected chi connectivity index (χ0v) is 11.3. The molecule has 0 spiro atoms. The molecule has 2 nitrogen and oxygen atoms in total. The van der Waals surface area contributed by atoms with Gasteiger partial charge in [-0.15, -0.1) is 22.7 Å². The average Bonchev–Trinajstić information content (AvgIpc) is 2.96. The van der Waals surface area contributed by atoms with Crippen molar-refractivity contribution in [3.8, 4) is 6.07 Å². The van der Waals surface area contributed by atoms with Crippen molar-refractivity contribution in [2.24, 2.45) is 0 Å². The molecule has 0 aromatic carbocycles. The Kier molecular flexibility index (Phi) is 4.32. The first-order valence-corrected chi connectivity index (χ1v) is 7.27. The summed E-state index contributed by atoms with van der Waals surface area (Å²) in [5.74, 6) is 0. The molecule has 88 valence electrons. The fraction of sp³-hybridized carbons (Fsp3) is 0.308. The number of hydrogen-bond acceptors (Lipinski definition) is 4. The van der Waals surface area contributed by atoms with E-state index in [1.165, 1.54) is 9.75 Å². The summed E-state index contributed by atoms with van der Waals surface area (Å²) >= 11 is 3.44. The van der Waals surface area contributed by atoms with Crippen molar-refractivity contribution in [3.05, 3.63) is 44.3 Å². The molecule has 0 saturated heterocycles. The smallest absolute Gasteiger partial charge is 0.100 e. The monoisotopic (exact) mass is 262 g/mol. The Labute approximate surface area is 110 Å². The third-order valence-electron chi connectivity index (χ3n) is 2.50. The predicted molar refractivity (Wildman–Crippen MR) is 73.4 cm³/mol. The van der Waals surface area contributed by atoms with E-state index < -0.39 is 0 Å². The van der Waals surface area contributed by atoms with Crippen LogP contribution in [0.1, 0.15) is 22.2 Å². The fourth-order valence-electron chi connectivity index (χ4n) is 1.61. The maximum absolute atomic E-state index is 8.74. The van der Waals surface area contributed by atoms with Crippen LogP contribution in [0.15, 0.2) is 29.0 Å². The molecule has 2 aromatic heterocycles. The second kappa shape index (κ2) is 5.97. The lowest BCUT2D eigenvalue weighted by atomic mass is 10.2. The molecule has 0 amide bonds. The Bertz CT molecular complexity index is 494. The third kappa shape index (κ3) is 3.67. The Morgan fingerprint density at radius 1 is 1.41 bits per heavy atom. The van der Waals surface area contributed by atoms with Crippen molar-refractivity contribution in [1.82, 2.24) is 5.32 Å². The van der Waals surface area contributed by atoms with Crippen molar-refractivity contribution in [1.29, 1.82) is 5.26 Å². The van der Waals surface area contributed by atoms with Crippen LogP contribution in [0.2, 0.25) is 0 Å². The number of nitrogens with one attached hydrogen (secondary N) is 1. The predicted octanol–water partition coefficient (Wildman–Crippen LogP) is 3.40. The van der Waals surface area contributed by atoms with E-state index in [2.05, 4.69) is 35.8 Å². The van der Waals surface area contributed by atoms with Crippen LogP contribution in [-0.2, 0) is 13.0 Å². The van der Waals surface area contributed by atoms with Crippen molar-refractivity contribution in [3.63, 3.8) is 0 Å². The van der Waals surface area contributed by atoms with Gasteiger partial charge >= 0.3 is 0 Å². The Hall–Kier alpha value is -1.15. The summed E-state index contributed by atoms with van der Waals surface area (Å²) in [5.41, 5.74) is 0.762. The molecule has 2 rings (SSSR count). The summed E-state index contributed by atoms with van der Waals surface area (Å²) in [6.07, 6.45) is 1.06. The van der Waals surface area contributed by atoms with Gasteiger partial charge in [0.15, 0.2) is 0 Å². The second-order valence-electron chi connectivity index (χ2n) is 3.98. The highest BCUT2D eigenvalue weighted by Gasteiger charge is 2.05. The van der Waals surface area contributed by atoms with Gasteiger partial charge < -0.3 is 5.32 Å². The van der Waals surface area contributed by atoms with Gasteiger partial charge in [0.1, 0.15) is 6.07 Å². The molecule has 4 heteroatoms. The standard InChI is InChI=1S/C13H14N2S2/c1-10(5-12-3-2-4-16-12)15-8-13-6-11(7-14)9-17-13/h2-4,6,9-10,15H,5,8H2,1H3. The summed E-state index contributed by atoms with van der Waals surface area (Å²) in [6, 6.07) is 8.83. The van der Waals surface area contributed by atoms with Gasteiger partial charge in [0.2, 0.25) is 0 Å². The number of thiophene rings is 2. The summed E-state index contributed by atoms with van der Waals surface area (Å²) in [4.78, 5) is 2.63. The summed E-state index contributed by atoms with van der Waals surface area (Å²) < 4.78 is 0. The first-order chi connectivity index (χ1) is 8.28. The van der Waals surface area contributed by atoms with Crippen LogP contribution in [0, 0.1) is 11.3 Å². The van der Waals surface area contributed by atoms with E-state index in [4.69, 9.17) is 5.26 Å². The average molecular weight is 262 g/mol. The highest BCUT2D eigenvalue weighted by atomic mass is 32.1. The molecule has 1 unspecified atom stereocenters. The zero-order valence-electron chi connectivity index (χ0n) is 9.64. The van der Waals surface area contributed by atoms with Gasteiger partial charge in [0.05, 0.1) is 5.56 Å². The van der Waals surface area contributed by atoms with E-state index in [0.717, 1.165) is 18.5 Å². The summed E-state index contributed by atoms with van der Waals surface area (Å²) in [6.45, 7) is 3.04. The minimum Gasteiger partial charge on any atom is -0.309 e. The Balaban J connectivity index is 1.80. The van der Waals surface area contributed by atoms with Crippen LogP contribution < -0.4 is 5.32 Å². The Morgan fingerprint density at radius 2 is 2.29 bits per heavy atom. The minimum atomic E-state index is 0.460. The van der Waals surface area contributed by atoms with Gasteiger partial charge in [0.25, 0.3) is 0 Å². The van der Waals surface area contributed by atoms with Gasteiger partial charge in [-0.25, -0.2) is 0 Å². The lowest BCUT2D eigenvalue weighted by Crippen LogP contribution is -2.26. The fourth-order valence-corrected chi connectivity index (χ4v) is 3.21. The summed E-state index contributed by atoms with van der Waals surface area (Å²) in [7, 11) is 0. The van der Waals surface area contributed by atoms with E-state index in [9.17, 15) is 0 Å². The van der Waals surface area contributed by atoms with E-state index >= 15 is 0 Å². The van der Waals surface area contributed by atoms with Crippen LogP contribution in [0.4, 0.5) is 0 Å². The van der Waals surface area contributed by atoms with Crippen LogP contribution in [0.3, 0.4) is 0 Å². The van der Waals surface area contributed by atoms with Gasteiger partial charge in [-0.05, 0) is 30.9 Å². The van der Waals surface area contributed by atoms with Crippen molar-refractivity contribution in [2.45, 2.75) is 25.9 Å². The molecule has 1 atom stereocenters.